The van der Waals surface area contributed by atoms with Gasteiger partial charge in [-0.2, -0.15) is 5.10 Å². The smallest absolute Gasteiger partial charge is 0.191 e. The molecule has 134 valence electrons. The van der Waals surface area contributed by atoms with E-state index in [2.05, 4.69) is 51.9 Å². The summed E-state index contributed by atoms with van der Waals surface area (Å²) in [6, 6.07) is 0. The molecule has 0 bridgehead atoms. The molecule has 0 radical (unpaired) electrons. The second kappa shape index (κ2) is 9.36. The molecule has 0 spiro atoms. The highest BCUT2D eigenvalue weighted by Gasteiger charge is 2.10. The maximum atomic E-state index is 4.63. The van der Waals surface area contributed by atoms with Crippen LogP contribution in [0.25, 0.3) is 0 Å². The van der Waals surface area contributed by atoms with Gasteiger partial charge in [0.2, 0.25) is 0 Å². The Labute approximate surface area is 165 Å². The fraction of sp³-hybridized carbons (Fsp3) is 0.562. The SMILES string of the molecule is CN=C(NCc1nc(C(C)C)cs1)NCc1c(C)nn(C)c1C.I. The van der Waals surface area contributed by atoms with E-state index >= 15 is 0 Å². The lowest BCUT2D eigenvalue weighted by molar-refractivity contribution is 0.728. The average molecular weight is 462 g/mol. The van der Waals surface area contributed by atoms with Gasteiger partial charge in [0.15, 0.2) is 5.96 Å². The van der Waals surface area contributed by atoms with Gasteiger partial charge in [0.05, 0.1) is 17.9 Å². The zero-order chi connectivity index (χ0) is 17.0. The summed E-state index contributed by atoms with van der Waals surface area (Å²) in [5.74, 6) is 1.24. The van der Waals surface area contributed by atoms with E-state index in [4.69, 9.17) is 0 Å². The summed E-state index contributed by atoms with van der Waals surface area (Å²) < 4.78 is 1.91. The van der Waals surface area contributed by atoms with Crippen molar-refractivity contribution in [2.45, 2.75) is 46.7 Å². The van der Waals surface area contributed by atoms with Gasteiger partial charge in [0, 0.05) is 37.3 Å². The van der Waals surface area contributed by atoms with Gasteiger partial charge in [-0.25, -0.2) is 4.98 Å². The first-order valence-electron chi connectivity index (χ1n) is 7.80. The number of aliphatic imine (C=N–C) groups is 1. The molecule has 0 saturated carbocycles. The maximum Gasteiger partial charge on any atom is 0.191 e. The van der Waals surface area contributed by atoms with Crippen LogP contribution < -0.4 is 10.6 Å². The molecular weight excluding hydrogens is 435 g/mol. The Bertz CT molecular complexity index is 689. The predicted molar refractivity (Wildman–Crippen MR) is 111 cm³/mol. The molecule has 0 saturated heterocycles. The zero-order valence-electron chi connectivity index (χ0n) is 15.2. The largest absolute Gasteiger partial charge is 0.352 e. The molecule has 2 heterocycles. The van der Waals surface area contributed by atoms with Crippen molar-refractivity contribution in [2.24, 2.45) is 12.0 Å². The van der Waals surface area contributed by atoms with E-state index in [1.54, 1.807) is 18.4 Å². The lowest BCUT2D eigenvalue weighted by atomic mass is 10.2. The lowest BCUT2D eigenvalue weighted by Gasteiger charge is -2.11. The number of hydrogen-bond donors (Lipinski definition) is 2. The highest BCUT2D eigenvalue weighted by atomic mass is 127. The van der Waals surface area contributed by atoms with Crippen LogP contribution in [0.4, 0.5) is 0 Å². The number of hydrogen-bond acceptors (Lipinski definition) is 4. The first-order valence-corrected chi connectivity index (χ1v) is 8.68. The molecule has 6 nitrogen and oxygen atoms in total. The van der Waals surface area contributed by atoms with Crippen LogP contribution in [0.15, 0.2) is 10.4 Å². The summed E-state index contributed by atoms with van der Waals surface area (Å²) in [5.41, 5.74) is 4.59. The average Bonchev–Trinajstić information content (AvgIpc) is 3.07. The van der Waals surface area contributed by atoms with Crippen molar-refractivity contribution in [3.63, 3.8) is 0 Å². The molecule has 0 unspecified atom stereocenters. The first-order chi connectivity index (χ1) is 10.9. The van der Waals surface area contributed by atoms with Gasteiger partial charge >= 0.3 is 0 Å². The third-order valence-corrected chi connectivity index (χ3v) is 4.75. The zero-order valence-corrected chi connectivity index (χ0v) is 18.3. The topological polar surface area (TPSA) is 67.1 Å². The van der Waals surface area contributed by atoms with Gasteiger partial charge in [-0.15, -0.1) is 35.3 Å². The minimum absolute atomic E-state index is 0. The molecule has 2 rings (SSSR count). The van der Waals surface area contributed by atoms with Gasteiger partial charge in [-0.05, 0) is 19.8 Å². The van der Waals surface area contributed by atoms with Crippen LogP contribution in [0.1, 0.15) is 47.4 Å². The van der Waals surface area contributed by atoms with E-state index in [0.717, 1.165) is 22.4 Å². The molecule has 2 aromatic rings. The van der Waals surface area contributed by atoms with Crippen molar-refractivity contribution < 1.29 is 0 Å². The summed E-state index contributed by atoms with van der Waals surface area (Å²) in [4.78, 5) is 8.90. The number of nitrogens with one attached hydrogen (secondary N) is 2. The van der Waals surface area contributed by atoms with E-state index in [9.17, 15) is 0 Å². The number of halogens is 1. The summed E-state index contributed by atoms with van der Waals surface area (Å²) in [7, 11) is 3.74. The second-order valence-corrected chi connectivity index (χ2v) is 6.82. The number of guanidine groups is 1. The van der Waals surface area contributed by atoms with Gasteiger partial charge < -0.3 is 10.6 Å². The molecule has 2 aromatic heterocycles. The molecule has 0 aromatic carbocycles. The maximum absolute atomic E-state index is 4.63. The van der Waals surface area contributed by atoms with Crippen molar-refractivity contribution in [2.75, 3.05) is 7.05 Å². The quantitative estimate of drug-likeness (QED) is 0.407. The molecular formula is C16H27IN6S. The van der Waals surface area contributed by atoms with E-state index in [-0.39, 0.29) is 24.0 Å². The summed E-state index contributed by atoms with van der Waals surface area (Å²) in [6.45, 7) is 9.82. The Hall–Kier alpha value is -1.16. The Balaban J connectivity index is 0.00000288. The monoisotopic (exact) mass is 462 g/mol. The van der Waals surface area contributed by atoms with Crippen LogP contribution in [0, 0.1) is 13.8 Å². The van der Waals surface area contributed by atoms with Crippen LogP contribution >= 0.6 is 35.3 Å². The minimum Gasteiger partial charge on any atom is -0.352 e. The molecule has 0 aliphatic carbocycles. The standard InChI is InChI=1S/C16H26N6S.HI/c1-10(2)14-9-23-15(20-14)8-19-16(17-5)18-7-13-11(3)21-22(6)12(13)4;/h9-10H,7-8H2,1-6H3,(H2,17,18,19);1H. The Kier molecular flexibility index (Phi) is 8.14. The first kappa shape index (κ1) is 20.9. The molecule has 0 aliphatic heterocycles. The lowest BCUT2D eigenvalue weighted by Crippen LogP contribution is -2.36. The fourth-order valence-electron chi connectivity index (χ4n) is 2.30. The van der Waals surface area contributed by atoms with E-state index < -0.39 is 0 Å². The van der Waals surface area contributed by atoms with Crippen LogP contribution in [0.3, 0.4) is 0 Å². The number of aryl methyl sites for hydroxylation is 2. The number of rotatable bonds is 5. The van der Waals surface area contributed by atoms with Gasteiger partial charge in [0.25, 0.3) is 0 Å². The Morgan fingerprint density at radius 2 is 1.96 bits per heavy atom. The Morgan fingerprint density at radius 3 is 2.46 bits per heavy atom. The van der Waals surface area contributed by atoms with Gasteiger partial charge in [-0.1, -0.05) is 13.8 Å². The van der Waals surface area contributed by atoms with Crippen LogP contribution in [-0.4, -0.2) is 27.8 Å². The third-order valence-electron chi connectivity index (χ3n) is 3.88. The van der Waals surface area contributed by atoms with Gasteiger partial charge in [-0.3, -0.25) is 9.67 Å². The molecule has 0 fully saturated rings. The number of aromatic nitrogens is 3. The summed E-state index contributed by atoms with van der Waals surface area (Å²) in [5, 5.41) is 14.3. The van der Waals surface area contributed by atoms with Crippen molar-refractivity contribution in [3.05, 3.63) is 33.0 Å². The normalized spacial score (nSPS) is 11.5. The summed E-state index contributed by atoms with van der Waals surface area (Å²) in [6.07, 6.45) is 0. The molecule has 8 heteroatoms. The number of thiazole rings is 1. The number of nitrogens with zero attached hydrogens (tertiary/aromatic N) is 4. The van der Waals surface area contributed by atoms with Gasteiger partial charge in [0.1, 0.15) is 5.01 Å². The highest BCUT2D eigenvalue weighted by Crippen LogP contribution is 2.17. The van der Waals surface area contributed by atoms with E-state index in [1.807, 2.05) is 18.7 Å². The van der Waals surface area contributed by atoms with Crippen molar-refractivity contribution in [1.82, 2.24) is 25.4 Å². The predicted octanol–water partition coefficient (Wildman–Crippen LogP) is 3.10. The second-order valence-electron chi connectivity index (χ2n) is 5.87. The highest BCUT2D eigenvalue weighted by molar-refractivity contribution is 14.0. The molecule has 0 amide bonds. The molecule has 0 aliphatic rings. The van der Waals surface area contributed by atoms with E-state index in [0.29, 0.717) is 19.0 Å². The van der Waals surface area contributed by atoms with Crippen molar-refractivity contribution in [3.8, 4) is 0 Å². The summed E-state index contributed by atoms with van der Waals surface area (Å²) >= 11 is 1.68. The van der Waals surface area contributed by atoms with Crippen LogP contribution in [0.5, 0.6) is 0 Å². The fourth-order valence-corrected chi connectivity index (χ4v) is 3.19. The Morgan fingerprint density at radius 1 is 1.29 bits per heavy atom. The van der Waals surface area contributed by atoms with Crippen LogP contribution in [-0.2, 0) is 20.1 Å². The molecule has 0 atom stereocenters. The molecule has 2 N–H and O–H groups in total. The van der Waals surface area contributed by atoms with Crippen LogP contribution in [0.2, 0.25) is 0 Å². The van der Waals surface area contributed by atoms with Crippen molar-refractivity contribution >= 4 is 41.3 Å². The molecule has 24 heavy (non-hydrogen) atoms. The van der Waals surface area contributed by atoms with E-state index in [1.165, 1.54) is 11.3 Å². The minimum atomic E-state index is 0. The third kappa shape index (κ3) is 5.17. The van der Waals surface area contributed by atoms with Crippen molar-refractivity contribution in [1.29, 1.82) is 0 Å².